The first-order valence-corrected chi connectivity index (χ1v) is 10.0. The summed E-state index contributed by atoms with van der Waals surface area (Å²) >= 11 is 0. The summed E-state index contributed by atoms with van der Waals surface area (Å²) in [7, 11) is 0. The molecule has 1 aromatic carbocycles. The van der Waals surface area contributed by atoms with Gasteiger partial charge in [-0.15, -0.1) is 0 Å². The number of hydrogen-bond acceptors (Lipinski definition) is 4. The number of ether oxygens (including phenoxy) is 1. The number of rotatable bonds is 6. The second kappa shape index (κ2) is 8.43. The normalized spacial score (nSPS) is 23.4. The summed E-state index contributed by atoms with van der Waals surface area (Å²) in [5.74, 6) is -0.105. The van der Waals surface area contributed by atoms with Gasteiger partial charge in [0.2, 0.25) is 0 Å². The molecule has 0 aliphatic carbocycles. The van der Waals surface area contributed by atoms with Gasteiger partial charge < -0.3 is 9.64 Å². The van der Waals surface area contributed by atoms with Gasteiger partial charge in [-0.2, -0.15) is 0 Å². The highest BCUT2D eigenvalue weighted by molar-refractivity contribution is 6.35. The topological polar surface area (TPSA) is 49.9 Å². The van der Waals surface area contributed by atoms with E-state index in [1.807, 2.05) is 18.7 Å². The largest absolute Gasteiger partial charge is 0.377 e. The number of benzene rings is 1. The number of carbonyl (C=O) groups is 2. The van der Waals surface area contributed by atoms with Crippen LogP contribution in [0.4, 0.5) is 4.39 Å². The van der Waals surface area contributed by atoms with E-state index >= 15 is 0 Å². The van der Waals surface area contributed by atoms with Gasteiger partial charge in [-0.1, -0.05) is 26.0 Å². The van der Waals surface area contributed by atoms with Gasteiger partial charge in [0.1, 0.15) is 11.5 Å². The van der Waals surface area contributed by atoms with Crippen molar-refractivity contribution >= 4 is 17.4 Å². The Hall–Kier alpha value is -2.21. The zero-order valence-electron chi connectivity index (χ0n) is 17.1. The minimum atomic E-state index is -0.370. The van der Waals surface area contributed by atoms with Crippen LogP contribution in [0.15, 0.2) is 30.0 Å². The first kappa shape index (κ1) is 20.5. The van der Waals surface area contributed by atoms with Crippen LogP contribution >= 0.6 is 0 Å². The summed E-state index contributed by atoms with van der Waals surface area (Å²) in [5.41, 5.74) is 1.39. The summed E-state index contributed by atoms with van der Waals surface area (Å²) < 4.78 is 19.0. The molecule has 0 radical (unpaired) electrons. The van der Waals surface area contributed by atoms with E-state index in [-0.39, 0.29) is 30.3 Å². The summed E-state index contributed by atoms with van der Waals surface area (Å²) in [6.07, 6.45) is 1.13. The lowest BCUT2D eigenvalue weighted by atomic mass is 9.91. The Balaban J connectivity index is 1.96. The fraction of sp³-hybridized carbons (Fsp3) is 0.545. The Morgan fingerprint density at radius 3 is 2.25 bits per heavy atom. The number of carbonyl (C=O) groups excluding carboxylic acids is 2. The van der Waals surface area contributed by atoms with Crippen LogP contribution in [0.25, 0.3) is 5.57 Å². The average molecular weight is 388 g/mol. The van der Waals surface area contributed by atoms with E-state index in [1.165, 1.54) is 17.0 Å². The molecule has 2 amide bonds. The molecular formula is C22H29FN2O3. The molecule has 1 fully saturated rings. The van der Waals surface area contributed by atoms with E-state index in [0.717, 1.165) is 19.5 Å². The maximum atomic E-state index is 13.4. The van der Waals surface area contributed by atoms with Crippen molar-refractivity contribution in [3.8, 4) is 0 Å². The Bertz CT molecular complexity index is 762. The van der Waals surface area contributed by atoms with Crippen LogP contribution in [0.2, 0.25) is 0 Å². The van der Waals surface area contributed by atoms with Crippen molar-refractivity contribution in [2.24, 2.45) is 11.8 Å². The van der Waals surface area contributed by atoms with Crippen LogP contribution in [-0.4, -0.2) is 54.0 Å². The second-order valence-electron chi connectivity index (χ2n) is 8.26. The molecule has 0 aromatic heterocycles. The molecule has 2 atom stereocenters. The van der Waals surface area contributed by atoms with Crippen molar-refractivity contribution in [2.45, 2.75) is 40.2 Å². The highest BCUT2D eigenvalue weighted by Gasteiger charge is 2.42. The highest BCUT2D eigenvalue weighted by atomic mass is 19.1. The lowest BCUT2D eigenvalue weighted by Crippen LogP contribution is -2.42. The second-order valence-corrected chi connectivity index (χ2v) is 8.26. The molecule has 0 N–H and O–H groups in total. The molecule has 2 aliphatic rings. The molecule has 0 bridgehead atoms. The van der Waals surface area contributed by atoms with Crippen LogP contribution in [0.3, 0.4) is 0 Å². The number of halogens is 1. The van der Waals surface area contributed by atoms with Crippen molar-refractivity contribution in [3.05, 3.63) is 41.3 Å². The Morgan fingerprint density at radius 2 is 1.68 bits per heavy atom. The fourth-order valence-corrected chi connectivity index (χ4v) is 4.16. The van der Waals surface area contributed by atoms with Gasteiger partial charge >= 0.3 is 0 Å². The predicted octanol–water partition coefficient (Wildman–Crippen LogP) is 3.31. The third-order valence-corrected chi connectivity index (χ3v) is 5.23. The molecule has 2 unspecified atom stereocenters. The summed E-state index contributed by atoms with van der Waals surface area (Å²) in [4.78, 5) is 29.7. The first-order valence-electron chi connectivity index (χ1n) is 10.0. The summed E-state index contributed by atoms with van der Waals surface area (Å²) in [5, 5.41) is 0. The lowest BCUT2D eigenvalue weighted by molar-refractivity contribution is -0.138. The molecule has 28 heavy (non-hydrogen) atoms. The monoisotopic (exact) mass is 388 g/mol. The van der Waals surface area contributed by atoms with Gasteiger partial charge in [-0.05, 0) is 49.8 Å². The van der Waals surface area contributed by atoms with E-state index in [1.54, 1.807) is 12.1 Å². The molecule has 0 saturated carbocycles. The van der Waals surface area contributed by atoms with E-state index < -0.39 is 0 Å². The minimum absolute atomic E-state index is 0.0283. The number of nitrogens with zero attached hydrogens (tertiary/aromatic N) is 2. The van der Waals surface area contributed by atoms with E-state index in [9.17, 15) is 14.0 Å². The fourth-order valence-electron chi connectivity index (χ4n) is 4.16. The number of likely N-dealkylation sites (tertiary alicyclic amines) is 1. The third-order valence-electron chi connectivity index (χ3n) is 5.23. The predicted molar refractivity (Wildman–Crippen MR) is 106 cm³/mol. The van der Waals surface area contributed by atoms with E-state index in [0.29, 0.717) is 35.3 Å². The molecular weight excluding hydrogens is 359 g/mol. The SMILES string of the molecule is CC1CC(C)CN(C2=C(c3ccc(F)cc3)C(=O)N(CCOC(C)C)C2=O)C1. The molecule has 1 saturated heterocycles. The molecule has 3 rings (SSSR count). The minimum Gasteiger partial charge on any atom is -0.377 e. The maximum absolute atomic E-state index is 13.4. The first-order chi connectivity index (χ1) is 13.3. The molecule has 152 valence electrons. The molecule has 2 aliphatic heterocycles. The maximum Gasteiger partial charge on any atom is 0.277 e. The van der Waals surface area contributed by atoms with Crippen LogP contribution in [0.5, 0.6) is 0 Å². The number of imide groups is 1. The Morgan fingerprint density at radius 1 is 1.07 bits per heavy atom. The number of amides is 2. The molecule has 2 heterocycles. The molecule has 6 heteroatoms. The van der Waals surface area contributed by atoms with Gasteiger partial charge in [0, 0.05) is 13.1 Å². The van der Waals surface area contributed by atoms with Crippen LogP contribution in [0, 0.1) is 17.7 Å². The van der Waals surface area contributed by atoms with Crippen molar-refractivity contribution in [1.82, 2.24) is 9.80 Å². The Kier molecular flexibility index (Phi) is 6.18. The summed E-state index contributed by atoms with van der Waals surface area (Å²) in [6.45, 7) is 10.1. The standard InChI is InChI=1S/C22H29FN2O3/c1-14(2)28-10-9-25-21(26)19(17-5-7-18(23)8-6-17)20(22(25)27)24-12-15(3)11-16(4)13-24/h5-8,14-16H,9-13H2,1-4H3. The average Bonchev–Trinajstić information content (AvgIpc) is 2.86. The van der Waals surface area contributed by atoms with E-state index in [2.05, 4.69) is 13.8 Å². The molecule has 5 nitrogen and oxygen atoms in total. The van der Waals surface area contributed by atoms with Crippen molar-refractivity contribution < 1.29 is 18.7 Å². The van der Waals surface area contributed by atoms with Crippen molar-refractivity contribution in [1.29, 1.82) is 0 Å². The molecule has 1 aromatic rings. The van der Waals surface area contributed by atoms with Crippen LogP contribution in [0.1, 0.15) is 39.7 Å². The number of piperidine rings is 1. The van der Waals surface area contributed by atoms with Gasteiger partial charge in [0.05, 0.1) is 24.8 Å². The van der Waals surface area contributed by atoms with Crippen molar-refractivity contribution in [2.75, 3.05) is 26.2 Å². The highest BCUT2D eigenvalue weighted by Crippen LogP contribution is 2.35. The van der Waals surface area contributed by atoms with Gasteiger partial charge in [-0.3, -0.25) is 14.5 Å². The summed E-state index contributed by atoms with van der Waals surface area (Å²) in [6, 6.07) is 5.79. The van der Waals surface area contributed by atoms with Gasteiger partial charge in [-0.25, -0.2) is 4.39 Å². The zero-order chi connectivity index (χ0) is 20.4. The lowest BCUT2D eigenvalue weighted by Gasteiger charge is -2.37. The quantitative estimate of drug-likeness (QED) is 0.702. The Labute approximate surface area is 166 Å². The van der Waals surface area contributed by atoms with E-state index in [4.69, 9.17) is 4.74 Å². The third kappa shape index (κ3) is 4.27. The smallest absolute Gasteiger partial charge is 0.277 e. The zero-order valence-corrected chi connectivity index (χ0v) is 17.1. The number of hydrogen-bond donors (Lipinski definition) is 0. The van der Waals surface area contributed by atoms with Crippen LogP contribution in [-0.2, 0) is 14.3 Å². The molecule has 0 spiro atoms. The van der Waals surface area contributed by atoms with Gasteiger partial charge in [0.15, 0.2) is 0 Å². The van der Waals surface area contributed by atoms with Gasteiger partial charge in [0.25, 0.3) is 11.8 Å². The van der Waals surface area contributed by atoms with Crippen molar-refractivity contribution in [3.63, 3.8) is 0 Å². The van der Waals surface area contributed by atoms with Crippen LogP contribution < -0.4 is 0 Å².